The van der Waals surface area contributed by atoms with E-state index in [1.165, 1.54) is 24.5 Å². The molecular weight excluding hydrogens is 309 g/mol. The highest BCUT2D eigenvalue weighted by Gasteiger charge is 2.29. The van der Waals surface area contributed by atoms with Crippen molar-refractivity contribution in [3.63, 3.8) is 0 Å². The molecule has 1 heterocycles. The van der Waals surface area contributed by atoms with E-state index in [2.05, 4.69) is 4.98 Å². The average Bonchev–Trinajstić information content (AvgIpc) is 2.90. The molecule has 0 spiro atoms. The number of carboxylic acids is 1. The van der Waals surface area contributed by atoms with Crippen LogP contribution < -0.4 is 0 Å². The molecule has 0 amide bonds. The molecule has 118 valence electrons. The van der Waals surface area contributed by atoms with Gasteiger partial charge < -0.3 is 9.67 Å². The van der Waals surface area contributed by atoms with Crippen LogP contribution in [0.3, 0.4) is 0 Å². The largest absolute Gasteiger partial charge is 0.478 e. The van der Waals surface area contributed by atoms with Crippen molar-refractivity contribution >= 4 is 17.0 Å². The Hall–Kier alpha value is -2.83. The highest BCUT2D eigenvalue weighted by atomic mass is 19.4. The molecule has 3 rings (SSSR count). The van der Waals surface area contributed by atoms with Gasteiger partial charge in [0.15, 0.2) is 0 Å². The van der Waals surface area contributed by atoms with E-state index in [1.807, 2.05) is 0 Å². The Morgan fingerprint density at radius 1 is 1.13 bits per heavy atom. The van der Waals surface area contributed by atoms with Gasteiger partial charge in [0.25, 0.3) is 0 Å². The van der Waals surface area contributed by atoms with Crippen molar-refractivity contribution in [1.82, 2.24) is 9.55 Å². The van der Waals surface area contributed by atoms with Gasteiger partial charge >= 0.3 is 12.1 Å². The van der Waals surface area contributed by atoms with Crippen LogP contribution in [0, 0.1) is 0 Å². The number of nitrogens with zero attached hydrogens (tertiary/aromatic N) is 2. The number of rotatable bonds is 3. The summed E-state index contributed by atoms with van der Waals surface area (Å²) in [6.45, 7) is 0.235. The van der Waals surface area contributed by atoms with E-state index >= 15 is 0 Å². The molecule has 0 aliphatic heterocycles. The second-order valence-corrected chi connectivity index (χ2v) is 5.05. The number of alkyl halides is 3. The first-order valence-electron chi connectivity index (χ1n) is 6.69. The number of carbonyl (C=O) groups is 1. The molecular formula is C16H11F3N2O2. The van der Waals surface area contributed by atoms with E-state index in [1.54, 1.807) is 16.7 Å². The lowest BCUT2D eigenvalue weighted by atomic mass is 10.1. The second-order valence-electron chi connectivity index (χ2n) is 5.05. The number of hydrogen-bond acceptors (Lipinski definition) is 2. The Bertz CT molecular complexity index is 867. The molecule has 0 fully saturated rings. The van der Waals surface area contributed by atoms with Gasteiger partial charge in [0.05, 0.1) is 28.5 Å². The topological polar surface area (TPSA) is 55.1 Å². The van der Waals surface area contributed by atoms with Crippen LogP contribution in [0.15, 0.2) is 48.8 Å². The predicted molar refractivity (Wildman–Crippen MR) is 77.2 cm³/mol. The summed E-state index contributed by atoms with van der Waals surface area (Å²) >= 11 is 0. The van der Waals surface area contributed by atoms with Crippen molar-refractivity contribution in [2.24, 2.45) is 0 Å². The van der Waals surface area contributed by atoms with E-state index in [4.69, 9.17) is 0 Å². The Balaban J connectivity index is 1.97. The molecule has 1 aromatic heterocycles. The Morgan fingerprint density at radius 2 is 1.83 bits per heavy atom. The van der Waals surface area contributed by atoms with E-state index in [-0.39, 0.29) is 12.1 Å². The number of para-hydroxylation sites is 1. The Morgan fingerprint density at radius 3 is 2.43 bits per heavy atom. The molecule has 0 bridgehead atoms. The molecule has 0 aliphatic rings. The minimum atomic E-state index is -4.38. The van der Waals surface area contributed by atoms with Gasteiger partial charge in [-0.15, -0.1) is 0 Å². The summed E-state index contributed by atoms with van der Waals surface area (Å²) in [5.41, 5.74) is 0.976. The number of hydrogen-bond donors (Lipinski definition) is 1. The van der Waals surface area contributed by atoms with Crippen molar-refractivity contribution in [2.75, 3.05) is 0 Å². The fourth-order valence-electron chi connectivity index (χ4n) is 2.42. The van der Waals surface area contributed by atoms with Crippen molar-refractivity contribution < 1.29 is 23.1 Å². The van der Waals surface area contributed by atoms with Crippen LogP contribution in [-0.4, -0.2) is 20.6 Å². The highest BCUT2D eigenvalue weighted by Crippen LogP contribution is 2.29. The maximum atomic E-state index is 12.6. The number of carboxylic acid groups (broad SMARTS) is 1. The fraction of sp³-hybridized carbons (Fsp3) is 0.125. The van der Waals surface area contributed by atoms with Gasteiger partial charge in [-0.2, -0.15) is 13.2 Å². The summed E-state index contributed by atoms with van der Waals surface area (Å²) in [7, 11) is 0. The Labute approximate surface area is 128 Å². The molecule has 0 saturated carbocycles. The minimum Gasteiger partial charge on any atom is -0.478 e. The van der Waals surface area contributed by atoms with Crippen LogP contribution in [-0.2, 0) is 12.7 Å². The third kappa shape index (κ3) is 2.90. The van der Waals surface area contributed by atoms with Crippen molar-refractivity contribution in [1.29, 1.82) is 0 Å². The van der Waals surface area contributed by atoms with Crippen LogP contribution in [0.5, 0.6) is 0 Å². The summed E-state index contributed by atoms with van der Waals surface area (Å²) < 4.78 is 39.3. The van der Waals surface area contributed by atoms with Crippen LogP contribution in [0.4, 0.5) is 13.2 Å². The first-order valence-corrected chi connectivity index (χ1v) is 6.69. The lowest BCUT2D eigenvalue weighted by Crippen LogP contribution is -2.06. The number of imidazole rings is 1. The molecule has 23 heavy (non-hydrogen) atoms. The van der Waals surface area contributed by atoms with Gasteiger partial charge in [0, 0.05) is 6.54 Å². The van der Waals surface area contributed by atoms with Gasteiger partial charge in [-0.1, -0.05) is 18.2 Å². The molecule has 0 saturated heterocycles. The highest BCUT2D eigenvalue weighted by molar-refractivity contribution is 6.01. The molecule has 7 heteroatoms. The second kappa shape index (κ2) is 5.42. The number of fused-ring (bicyclic) bond motifs is 1. The standard InChI is InChI=1S/C16H11F3N2O2/c17-16(18,19)11-6-4-10(5-7-11)8-21-9-20-13-3-1-2-12(14(13)21)15(22)23/h1-7,9H,8H2,(H,22,23). The summed E-state index contributed by atoms with van der Waals surface area (Å²) in [5.74, 6) is -1.08. The first-order chi connectivity index (χ1) is 10.9. The van der Waals surface area contributed by atoms with Crippen LogP contribution >= 0.6 is 0 Å². The van der Waals surface area contributed by atoms with E-state index < -0.39 is 17.7 Å². The van der Waals surface area contributed by atoms with E-state index in [9.17, 15) is 23.1 Å². The maximum Gasteiger partial charge on any atom is 0.416 e. The molecule has 2 aromatic carbocycles. The van der Waals surface area contributed by atoms with Gasteiger partial charge in [0.1, 0.15) is 0 Å². The summed E-state index contributed by atoms with van der Waals surface area (Å²) in [4.78, 5) is 15.4. The monoisotopic (exact) mass is 320 g/mol. The zero-order chi connectivity index (χ0) is 16.6. The predicted octanol–water partition coefficient (Wildman–Crippen LogP) is 3.80. The van der Waals surface area contributed by atoms with Gasteiger partial charge in [-0.3, -0.25) is 0 Å². The molecule has 3 aromatic rings. The number of halogens is 3. The SMILES string of the molecule is O=C(O)c1cccc2ncn(Cc3ccc(C(F)(F)F)cc3)c12. The zero-order valence-corrected chi connectivity index (χ0v) is 11.7. The van der Waals surface area contributed by atoms with Crippen LogP contribution in [0.1, 0.15) is 21.5 Å². The molecule has 0 atom stereocenters. The molecule has 0 radical (unpaired) electrons. The van der Waals surface area contributed by atoms with Gasteiger partial charge in [0.2, 0.25) is 0 Å². The fourth-order valence-corrected chi connectivity index (χ4v) is 2.42. The van der Waals surface area contributed by atoms with Gasteiger partial charge in [-0.05, 0) is 29.8 Å². The van der Waals surface area contributed by atoms with E-state index in [0.717, 1.165) is 12.1 Å². The molecule has 0 unspecified atom stereocenters. The summed E-state index contributed by atoms with van der Waals surface area (Å²) in [5, 5.41) is 9.25. The molecule has 1 N–H and O–H groups in total. The maximum absolute atomic E-state index is 12.6. The van der Waals surface area contributed by atoms with Crippen molar-refractivity contribution in [2.45, 2.75) is 12.7 Å². The Kier molecular flexibility index (Phi) is 3.55. The number of aromatic carboxylic acids is 1. The number of aromatic nitrogens is 2. The number of benzene rings is 2. The van der Waals surface area contributed by atoms with E-state index in [0.29, 0.717) is 16.6 Å². The lowest BCUT2D eigenvalue weighted by molar-refractivity contribution is -0.137. The smallest absolute Gasteiger partial charge is 0.416 e. The summed E-state index contributed by atoms with van der Waals surface area (Å²) in [6.07, 6.45) is -2.90. The first kappa shape index (κ1) is 15.1. The van der Waals surface area contributed by atoms with Crippen molar-refractivity contribution in [3.05, 3.63) is 65.5 Å². The third-order valence-electron chi connectivity index (χ3n) is 3.50. The van der Waals surface area contributed by atoms with Gasteiger partial charge in [-0.25, -0.2) is 9.78 Å². The molecule has 0 aliphatic carbocycles. The minimum absolute atomic E-state index is 0.104. The third-order valence-corrected chi connectivity index (χ3v) is 3.50. The quantitative estimate of drug-likeness (QED) is 0.798. The zero-order valence-electron chi connectivity index (χ0n) is 11.7. The van der Waals surface area contributed by atoms with Crippen LogP contribution in [0.2, 0.25) is 0 Å². The lowest BCUT2D eigenvalue weighted by Gasteiger charge is -2.09. The van der Waals surface area contributed by atoms with Crippen molar-refractivity contribution in [3.8, 4) is 0 Å². The van der Waals surface area contributed by atoms with Crippen LogP contribution in [0.25, 0.3) is 11.0 Å². The summed E-state index contributed by atoms with van der Waals surface area (Å²) in [6, 6.07) is 9.51. The normalized spacial score (nSPS) is 11.8. The molecule has 4 nitrogen and oxygen atoms in total. The average molecular weight is 320 g/mol.